The van der Waals surface area contributed by atoms with E-state index in [4.69, 9.17) is 0 Å². The van der Waals surface area contributed by atoms with Crippen molar-refractivity contribution in [3.63, 3.8) is 0 Å². The van der Waals surface area contributed by atoms with E-state index in [0.29, 0.717) is 22.6 Å². The van der Waals surface area contributed by atoms with Crippen LogP contribution >= 0.6 is 0 Å². The highest BCUT2D eigenvalue weighted by atomic mass is 16.4. The third-order valence-electron chi connectivity index (χ3n) is 3.38. The lowest BCUT2D eigenvalue weighted by molar-refractivity contribution is -0.111. The molecule has 0 spiro atoms. The van der Waals surface area contributed by atoms with Crippen LogP contribution in [0, 0.1) is 0 Å². The lowest BCUT2D eigenvalue weighted by Crippen LogP contribution is -2.07. The van der Waals surface area contributed by atoms with Crippen LogP contribution < -0.4 is 5.32 Å². The summed E-state index contributed by atoms with van der Waals surface area (Å²) in [5, 5.41) is 20.0. The molecule has 0 unspecified atom stereocenters. The van der Waals surface area contributed by atoms with E-state index in [9.17, 15) is 14.7 Å². The van der Waals surface area contributed by atoms with Crippen molar-refractivity contribution in [2.24, 2.45) is 0 Å². The number of carboxylic acids is 1. The van der Waals surface area contributed by atoms with Crippen molar-refractivity contribution in [3.05, 3.63) is 67.1 Å². The first-order chi connectivity index (χ1) is 12.1. The second-order valence-corrected chi connectivity index (χ2v) is 5.02. The lowest BCUT2D eigenvalue weighted by atomic mass is 10.1. The number of carboxylic acid groups (broad SMARTS) is 1. The highest BCUT2D eigenvalue weighted by Crippen LogP contribution is 2.22. The SMILES string of the molecule is C=CC(=O)Nc1cccc(-n2cc(-c3cnccc3C(=O)O)nn2)c1. The summed E-state index contributed by atoms with van der Waals surface area (Å²) in [6, 6.07) is 8.38. The highest BCUT2D eigenvalue weighted by molar-refractivity contribution is 5.99. The summed E-state index contributed by atoms with van der Waals surface area (Å²) in [6.07, 6.45) is 5.61. The minimum absolute atomic E-state index is 0.0917. The van der Waals surface area contributed by atoms with E-state index in [1.807, 2.05) is 0 Å². The first kappa shape index (κ1) is 16.1. The number of rotatable bonds is 5. The number of benzene rings is 1. The number of nitrogens with one attached hydrogen (secondary N) is 1. The van der Waals surface area contributed by atoms with E-state index < -0.39 is 5.97 Å². The predicted octanol–water partition coefficient (Wildman–Crippen LogP) is 2.15. The molecular formula is C17H13N5O3. The molecule has 0 saturated heterocycles. The van der Waals surface area contributed by atoms with Gasteiger partial charge in [-0.25, -0.2) is 9.48 Å². The summed E-state index contributed by atoms with van der Waals surface area (Å²) < 4.78 is 1.48. The molecule has 2 aromatic heterocycles. The molecule has 1 amide bonds. The second-order valence-electron chi connectivity index (χ2n) is 5.02. The van der Waals surface area contributed by atoms with E-state index in [1.54, 1.807) is 30.5 Å². The molecule has 0 fully saturated rings. The monoisotopic (exact) mass is 335 g/mol. The van der Waals surface area contributed by atoms with Crippen molar-refractivity contribution in [1.82, 2.24) is 20.0 Å². The molecule has 0 radical (unpaired) electrons. The first-order valence-electron chi connectivity index (χ1n) is 7.22. The van der Waals surface area contributed by atoms with Crippen LogP contribution in [0.4, 0.5) is 5.69 Å². The van der Waals surface area contributed by atoms with Crippen molar-refractivity contribution in [2.75, 3.05) is 5.32 Å². The topological polar surface area (TPSA) is 110 Å². The molecule has 0 atom stereocenters. The van der Waals surface area contributed by atoms with Crippen molar-refractivity contribution in [2.45, 2.75) is 0 Å². The third-order valence-corrected chi connectivity index (χ3v) is 3.38. The molecule has 2 N–H and O–H groups in total. The third kappa shape index (κ3) is 3.42. The molecule has 124 valence electrons. The fourth-order valence-corrected chi connectivity index (χ4v) is 2.22. The van der Waals surface area contributed by atoms with E-state index in [0.717, 1.165) is 0 Å². The van der Waals surface area contributed by atoms with Crippen LogP contribution in [-0.4, -0.2) is 37.0 Å². The Kier molecular flexibility index (Phi) is 4.34. The molecule has 0 bridgehead atoms. The Morgan fingerprint density at radius 2 is 2.12 bits per heavy atom. The van der Waals surface area contributed by atoms with Gasteiger partial charge in [0.15, 0.2) is 0 Å². The fourth-order valence-electron chi connectivity index (χ4n) is 2.22. The van der Waals surface area contributed by atoms with E-state index in [-0.39, 0.29) is 11.5 Å². The zero-order valence-corrected chi connectivity index (χ0v) is 13.0. The maximum absolute atomic E-state index is 11.4. The van der Waals surface area contributed by atoms with Crippen molar-refractivity contribution in [3.8, 4) is 16.9 Å². The zero-order valence-electron chi connectivity index (χ0n) is 13.0. The largest absolute Gasteiger partial charge is 0.478 e. The summed E-state index contributed by atoms with van der Waals surface area (Å²) in [4.78, 5) is 26.7. The number of hydrogen-bond acceptors (Lipinski definition) is 5. The average Bonchev–Trinajstić information content (AvgIpc) is 3.12. The average molecular weight is 335 g/mol. The number of aromatic nitrogens is 4. The van der Waals surface area contributed by atoms with Crippen molar-refractivity contribution >= 4 is 17.6 Å². The highest BCUT2D eigenvalue weighted by Gasteiger charge is 2.15. The van der Waals surface area contributed by atoms with Gasteiger partial charge >= 0.3 is 5.97 Å². The molecular weight excluding hydrogens is 322 g/mol. The van der Waals surface area contributed by atoms with Gasteiger partial charge in [-0.2, -0.15) is 0 Å². The van der Waals surface area contributed by atoms with Gasteiger partial charge in [-0.1, -0.05) is 17.9 Å². The molecule has 8 heteroatoms. The van der Waals surface area contributed by atoms with Gasteiger partial charge in [0, 0.05) is 23.6 Å². The molecule has 0 aliphatic carbocycles. The Morgan fingerprint density at radius 3 is 2.88 bits per heavy atom. The van der Waals surface area contributed by atoms with Gasteiger partial charge < -0.3 is 10.4 Å². The maximum atomic E-state index is 11.4. The summed E-state index contributed by atoms with van der Waals surface area (Å²) in [7, 11) is 0. The van der Waals surface area contributed by atoms with Crippen LogP contribution in [0.25, 0.3) is 16.9 Å². The van der Waals surface area contributed by atoms with Gasteiger partial charge in [0.2, 0.25) is 5.91 Å². The van der Waals surface area contributed by atoms with Crippen LogP contribution in [0.15, 0.2) is 61.6 Å². The quantitative estimate of drug-likeness (QED) is 0.691. The van der Waals surface area contributed by atoms with Crippen molar-refractivity contribution < 1.29 is 14.7 Å². The second kappa shape index (κ2) is 6.75. The minimum atomic E-state index is -1.07. The molecule has 0 aliphatic heterocycles. The zero-order chi connectivity index (χ0) is 17.8. The molecule has 0 aliphatic rings. The van der Waals surface area contributed by atoms with E-state index in [2.05, 4.69) is 27.2 Å². The number of carbonyl (C=O) groups is 2. The number of pyridine rings is 1. The maximum Gasteiger partial charge on any atom is 0.336 e. The summed E-state index contributed by atoms with van der Waals surface area (Å²) in [5.41, 5.74) is 2.07. The fraction of sp³-hybridized carbons (Fsp3) is 0. The lowest BCUT2D eigenvalue weighted by Gasteiger charge is -2.05. The molecule has 2 heterocycles. The van der Waals surface area contributed by atoms with Gasteiger partial charge in [-0.05, 0) is 30.3 Å². The Labute approximate surface area is 142 Å². The Bertz CT molecular complexity index is 964. The standard InChI is InChI=1S/C17H13N5O3/c1-2-16(23)19-11-4-3-5-12(8-11)22-10-15(20-21-22)14-9-18-7-6-13(14)17(24)25/h2-10H,1H2,(H,19,23)(H,24,25). The Hall–Kier alpha value is -3.81. The van der Waals surface area contributed by atoms with Crippen LogP contribution in [0.2, 0.25) is 0 Å². The van der Waals surface area contributed by atoms with Crippen LogP contribution in [0.1, 0.15) is 10.4 Å². The molecule has 3 rings (SSSR count). The van der Waals surface area contributed by atoms with Crippen molar-refractivity contribution in [1.29, 1.82) is 0 Å². The minimum Gasteiger partial charge on any atom is -0.478 e. The summed E-state index contributed by atoms with van der Waals surface area (Å²) in [6.45, 7) is 3.40. The number of anilines is 1. The molecule has 1 aromatic carbocycles. The Morgan fingerprint density at radius 1 is 1.28 bits per heavy atom. The van der Waals surface area contributed by atoms with Crippen LogP contribution in [-0.2, 0) is 4.79 Å². The van der Waals surface area contributed by atoms with Gasteiger partial charge in [0.05, 0.1) is 17.4 Å². The predicted molar refractivity (Wildman–Crippen MR) is 90.4 cm³/mol. The van der Waals surface area contributed by atoms with Crippen LogP contribution in [0.5, 0.6) is 0 Å². The summed E-state index contributed by atoms with van der Waals surface area (Å²) >= 11 is 0. The number of hydrogen-bond donors (Lipinski definition) is 2. The van der Waals surface area contributed by atoms with Crippen LogP contribution in [0.3, 0.4) is 0 Å². The van der Waals surface area contributed by atoms with Gasteiger partial charge in [0.1, 0.15) is 5.69 Å². The molecule has 3 aromatic rings. The van der Waals surface area contributed by atoms with Gasteiger partial charge in [-0.3, -0.25) is 9.78 Å². The van der Waals surface area contributed by atoms with E-state index in [1.165, 1.54) is 29.2 Å². The number of carbonyl (C=O) groups excluding carboxylic acids is 1. The molecule has 8 nitrogen and oxygen atoms in total. The summed E-state index contributed by atoms with van der Waals surface area (Å²) in [5.74, 6) is -1.39. The van der Waals surface area contributed by atoms with Gasteiger partial charge in [-0.15, -0.1) is 5.10 Å². The normalized spacial score (nSPS) is 10.2. The number of nitrogens with zero attached hydrogens (tertiary/aromatic N) is 4. The molecule has 25 heavy (non-hydrogen) atoms. The van der Waals surface area contributed by atoms with E-state index >= 15 is 0 Å². The van der Waals surface area contributed by atoms with Gasteiger partial charge in [0.25, 0.3) is 0 Å². The molecule has 0 saturated carbocycles. The first-order valence-corrected chi connectivity index (χ1v) is 7.22. The number of aromatic carboxylic acids is 1. The number of amides is 1. The smallest absolute Gasteiger partial charge is 0.336 e. The Balaban J connectivity index is 1.95.